The summed E-state index contributed by atoms with van der Waals surface area (Å²) in [7, 11) is 0. The molecule has 1 heterocycles. The van der Waals surface area contributed by atoms with Gasteiger partial charge < -0.3 is 15.2 Å². The molecule has 0 bridgehead atoms. The van der Waals surface area contributed by atoms with Crippen molar-refractivity contribution in [3.05, 3.63) is 23.8 Å². The molecule has 2 unspecified atom stereocenters. The Morgan fingerprint density at radius 2 is 1.92 bits per heavy atom. The van der Waals surface area contributed by atoms with Crippen LogP contribution in [0.5, 0.6) is 11.5 Å². The second-order valence-corrected chi connectivity index (χ2v) is 7.48. The number of hydrogen-bond donors (Lipinski definition) is 1. The zero-order chi connectivity index (χ0) is 19.2. The number of nitrogens with two attached hydrogens (primary N) is 1. The molecule has 26 heavy (non-hydrogen) atoms. The monoisotopic (exact) mass is 361 g/mol. The highest BCUT2D eigenvalue weighted by Gasteiger charge is 2.37. The van der Waals surface area contributed by atoms with E-state index in [0.717, 1.165) is 31.4 Å². The lowest BCUT2D eigenvalue weighted by Crippen LogP contribution is -2.52. The lowest BCUT2D eigenvalue weighted by Gasteiger charge is -2.41. The Hall–Kier alpha value is -1.55. The molecule has 2 rings (SSSR count). The Labute approximate surface area is 158 Å². The van der Waals surface area contributed by atoms with E-state index in [-0.39, 0.29) is 24.0 Å². The van der Waals surface area contributed by atoms with E-state index in [1.165, 1.54) is 19.3 Å². The molecule has 1 aromatic carbocycles. The second-order valence-electron chi connectivity index (χ2n) is 7.48. The van der Waals surface area contributed by atoms with Crippen molar-refractivity contribution < 1.29 is 14.3 Å². The van der Waals surface area contributed by atoms with Gasteiger partial charge in [0.1, 0.15) is 17.6 Å². The smallest absolute Gasteiger partial charge is 0.203 e. The number of ketones is 1. The zero-order valence-electron chi connectivity index (χ0n) is 16.8. The van der Waals surface area contributed by atoms with Gasteiger partial charge in [0, 0.05) is 17.5 Å². The molecule has 0 saturated carbocycles. The maximum Gasteiger partial charge on any atom is 0.203 e. The van der Waals surface area contributed by atoms with Gasteiger partial charge in [-0.15, -0.1) is 0 Å². The van der Waals surface area contributed by atoms with Crippen molar-refractivity contribution in [2.75, 3.05) is 6.61 Å². The molecule has 0 amide bonds. The number of benzene rings is 1. The van der Waals surface area contributed by atoms with Crippen molar-refractivity contribution in [3.63, 3.8) is 0 Å². The molecular weight excluding hydrogens is 326 g/mol. The number of hydrogen-bond acceptors (Lipinski definition) is 4. The average molecular weight is 362 g/mol. The summed E-state index contributed by atoms with van der Waals surface area (Å²) in [6.07, 6.45) is 7.57. The van der Waals surface area contributed by atoms with E-state index in [0.29, 0.717) is 17.2 Å². The zero-order valence-corrected chi connectivity index (χ0v) is 16.8. The largest absolute Gasteiger partial charge is 0.490 e. The first-order valence-corrected chi connectivity index (χ1v) is 10.2. The Balaban J connectivity index is 2.19. The molecule has 2 atom stereocenters. The SMILES string of the molecule is CCCCCC(C(CC)Oc1ccc2c(c1)OCC2=O)C(N)(CC)CC. The van der Waals surface area contributed by atoms with Crippen molar-refractivity contribution in [1.82, 2.24) is 0 Å². The number of unbranched alkanes of at least 4 members (excludes halogenated alkanes) is 2. The molecule has 2 N–H and O–H groups in total. The van der Waals surface area contributed by atoms with Crippen LogP contribution in [0.4, 0.5) is 0 Å². The highest BCUT2D eigenvalue weighted by Crippen LogP contribution is 2.36. The highest BCUT2D eigenvalue weighted by atomic mass is 16.5. The molecular formula is C22H35NO3. The summed E-state index contributed by atoms with van der Waals surface area (Å²) >= 11 is 0. The molecule has 1 aliphatic heterocycles. The summed E-state index contributed by atoms with van der Waals surface area (Å²) in [5, 5.41) is 0. The van der Waals surface area contributed by atoms with Crippen LogP contribution < -0.4 is 15.2 Å². The Morgan fingerprint density at radius 3 is 2.54 bits per heavy atom. The van der Waals surface area contributed by atoms with Crippen molar-refractivity contribution in [1.29, 1.82) is 0 Å². The van der Waals surface area contributed by atoms with Crippen molar-refractivity contribution in [2.45, 2.75) is 84.3 Å². The fourth-order valence-corrected chi connectivity index (χ4v) is 4.00. The standard InChI is InChI=1S/C22H35NO3/c1-5-9-10-11-18(22(23,7-3)8-4)20(6-2)26-16-12-13-17-19(24)15-25-21(17)14-16/h12-14,18,20H,5-11,15,23H2,1-4H3. The molecule has 0 fully saturated rings. The molecule has 146 valence electrons. The van der Waals surface area contributed by atoms with Gasteiger partial charge >= 0.3 is 0 Å². The third-order valence-corrected chi connectivity index (χ3v) is 5.92. The van der Waals surface area contributed by atoms with Crippen LogP contribution in [0.3, 0.4) is 0 Å². The minimum Gasteiger partial charge on any atom is -0.490 e. The van der Waals surface area contributed by atoms with Crippen molar-refractivity contribution in [3.8, 4) is 11.5 Å². The summed E-state index contributed by atoms with van der Waals surface area (Å²) in [6.45, 7) is 8.88. The number of ether oxygens (including phenoxy) is 2. The molecule has 1 aromatic rings. The van der Waals surface area contributed by atoms with E-state index in [4.69, 9.17) is 15.2 Å². The molecule has 4 nitrogen and oxygen atoms in total. The Bertz CT molecular complexity index is 595. The number of carbonyl (C=O) groups excluding carboxylic acids is 1. The van der Waals surface area contributed by atoms with Crippen LogP contribution in [0.1, 0.15) is 83.0 Å². The van der Waals surface area contributed by atoms with Crippen molar-refractivity contribution in [2.24, 2.45) is 11.7 Å². The number of Topliss-reactive ketones (excluding diaryl/α,β-unsaturated/α-hetero) is 1. The molecule has 0 aliphatic carbocycles. The normalized spacial score (nSPS) is 16.1. The van der Waals surface area contributed by atoms with E-state index < -0.39 is 0 Å². The lowest BCUT2D eigenvalue weighted by atomic mass is 9.73. The Morgan fingerprint density at radius 1 is 1.19 bits per heavy atom. The van der Waals surface area contributed by atoms with Gasteiger partial charge in [-0.05, 0) is 37.8 Å². The first kappa shape index (κ1) is 20.8. The summed E-state index contributed by atoms with van der Waals surface area (Å²) in [5.41, 5.74) is 7.25. The van der Waals surface area contributed by atoms with Gasteiger partial charge in [-0.1, -0.05) is 47.0 Å². The Kier molecular flexibility index (Phi) is 7.51. The summed E-state index contributed by atoms with van der Waals surface area (Å²) in [6, 6.07) is 5.55. The molecule has 0 aromatic heterocycles. The first-order chi connectivity index (χ1) is 12.5. The number of rotatable bonds is 11. The maximum atomic E-state index is 11.7. The molecule has 1 aliphatic rings. The van der Waals surface area contributed by atoms with E-state index in [2.05, 4.69) is 27.7 Å². The summed E-state index contributed by atoms with van der Waals surface area (Å²) < 4.78 is 11.9. The van der Waals surface area contributed by atoms with Crippen LogP contribution in [0.15, 0.2) is 18.2 Å². The van der Waals surface area contributed by atoms with Crippen LogP contribution in [-0.4, -0.2) is 24.0 Å². The maximum absolute atomic E-state index is 11.7. The van der Waals surface area contributed by atoms with Gasteiger partial charge in [-0.3, -0.25) is 4.79 Å². The minimum atomic E-state index is -0.211. The molecule has 0 radical (unpaired) electrons. The average Bonchev–Trinajstić information content (AvgIpc) is 3.03. The van der Waals surface area contributed by atoms with Gasteiger partial charge in [0.2, 0.25) is 5.78 Å². The fraction of sp³-hybridized carbons (Fsp3) is 0.682. The van der Waals surface area contributed by atoms with E-state index >= 15 is 0 Å². The molecule has 4 heteroatoms. The highest BCUT2D eigenvalue weighted by molar-refractivity contribution is 6.02. The lowest BCUT2D eigenvalue weighted by molar-refractivity contribution is 0.0625. The van der Waals surface area contributed by atoms with Gasteiger partial charge in [0.15, 0.2) is 6.61 Å². The first-order valence-electron chi connectivity index (χ1n) is 10.2. The van der Waals surface area contributed by atoms with Crippen molar-refractivity contribution >= 4 is 5.78 Å². The quantitative estimate of drug-likeness (QED) is 0.555. The number of fused-ring (bicyclic) bond motifs is 1. The van der Waals surface area contributed by atoms with E-state index in [9.17, 15) is 4.79 Å². The van der Waals surface area contributed by atoms with Crippen LogP contribution in [0, 0.1) is 5.92 Å². The van der Waals surface area contributed by atoms with Crippen LogP contribution in [0.25, 0.3) is 0 Å². The van der Waals surface area contributed by atoms with E-state index in [1.54, 1.807) is 0 Å². The van der Waals surface area contributed by atoms with Crippen LogP contribution >= 0.6 is 0 Å². The van der Waals surface area contributed by atoms with Gasteiger partial charge in [-0.2, -0.15) is 0 Å². The van der Waals surface area contributed by atoms with Crippen LogP contribution in [-0.2, 0) is 0 Å². The third kappa shape index (κ3) is 4.59. The second kappa shape index (κ2) is 9.40. The topological polar surface area (TPSA) is 61.5 Å². The third-order valence-electron chi connectivity index (χ3n) is 5.92. The molecule has 0 saturated heterocycles. The number of carbonyl (C=O) groups is 1. The van der Waals surface area contributed by atoms with E-state index in [1.807, 2.05) is 18.2 Å². The van der Waals surface area contributed by atoms with Gasteiger partial charge in [0.05, 0.1) is 5.56 Å². The predicted octanol–water partition coefficient (Wildman–Crippen LogP) is 5.13. The predicted molar refractivity (Wildman–Crippen MR) is 106 cm³/mol. The van der Waals surface area contributed by atoms with Crippen LogP contribution in [0.2, 0.25) is 0 Å². The molecule has 0 spiro atoms. The summed E-state index contributed by atoms with van der Waals surface area (Å²) in [5.74, 6) is 1.74. The van der Waals surface area contributed by atoms with Gasteiger partial charge in [0.25, 0.3) is 0 Å². The summed E-state index contributed by atoms with van der Waals surface area (Å²) in [4.78, 5) is 11.7. The minimum absolute atomic E-state index is 0.0361. The fourth-order valence-electron chi connectivity index (χ4n) is 4.00. The van der Waals surface area contributed by atoms with Gasteiger partial charge in [-0.25, -0.2) is 0 Å².